The highest BCUT2D eigenvalue weighted by molar-refractivity contribution is 7.15. The van der Waals surface area contributed by atoms with E-state index in [1.807, 2.05) is 12.4 Å². The number of benzene rings is 1. The Hall–Kier alpha value is -2.60. The zero-order valence-corrected chi connectivity index (χ0v) is 15.6. The Balaban J connectivity index is 1.41. The molecule has 0 saturated heterocycles. The van der Waals surface area contributed by atoms with E-state index in [1.54, 1.807) is 23.5 Å². The molecule has 0 radical (unpaired) electrons. The molecule has 0 amide bonds. The van der Waals surface area contributed by atoms with Crippen molar-refractivity contribution in [2.24, 2.45) is 0 Å². The molecule has 2 aromatic rings. The van der Waals surface area contributed by atoms with Crippen molar-refractivity contribution in [2.45, 2.75) is 32.5 Å². The Morgan fingerprint density at radius 3 is 2.77 bits per heavy atom. The van der Waals surface area contributed by atoms with Gasteiger partial charge in [0.1, 0.15) is 11.5 Å². The van der Waals surface area contributed by atoms with E-state index in [0.717, 1.165) is 17.1 Å². The predicted octanol–water partition coefficient (Wildman–Crippen LogP) is 4.07. The van der Waals surface area contributed by atoms with Gasteiger partial charge in [-0.05, 0) is 42.7 Å². The van der Waals surface area contributed by atoms with Gasteiger partial charge in [0.15, 0.2) is 5.13 Å². The van der Waals surface area contributed by atoms with Gasteiger partial charge in [-0.3, -0.25) is 0 Å². The van der Waals surface area contributed by atoms with E-state index in [0.29, 0.717) is 6.54 Å². The first-order valence-electron chi connectivity index (χ1n) is 8.59. The smallest absolute Gasteiger partial charge is 0.183 e. The van der Waals surface area contributed by atoms with Crippen molar-refractivity contribution in [1.82, 2.24) is 15.6 Å². The van der Waals surface area contributed by atoms with Crippen LogP contribution in [-0.4, -0.2) is 10.6 Å². The van der Waals surface area contributed by atoms with Gasteiger partial charge in [0.05, 0.1) is 0 Å². The lowest BCUT2D eigenvalue weighted by Crippen LogP contribution is -2.50. The Kier molecular flexibility index (Phi) is 4.28. The third-order valence-electron chi connectivity index (χ3n) is 4.66. The molecule has 2 aliphatic heterocycles. The van der Waals surface area contributed by atoms with Crippen LogP contribution >= 0.6 is 11.3 Å². The maximum absolute atomic E-state index is 13.0. The van der Waals surface area contributed by atoms with E-state index in [1.165, 1.54) is 33.7 Å². The second-order valence-corrected chi connectivity index (χ2v) is 7.93. The molecule has 2 aliphatic rings. The molecule has 1 unspecified atom stereocenters. The fourth-order valence-electron chi connectivity index (χ4n) is 3.18. The normalized spacial score (nSPS) is 21.1. The Morgan fingerprint density at radius 2 is 1.96 bits per heavy atom. The van der Waals surface area contributed by atoms with E-state index < -0.39 is 0 Å². The number of halogens is 1. The molecule has 3 heterocycles. The van der Waals surface area contributed by atoms with Gasteiger partial charge in [0.25, 0.3) is 0 Å². The zero-order valence-electron chi connectivity index (χ0n) is 14.8. The minimum absolute atomic E-state index is 0.215. The summed E-state index contributed by atoms with van der Waals surface area (Å²) in [6, 6.07) is 6.52. The van der Waals surface area contributed by atoms with Gasteiger partial charge >= 0.3 is 0 Å². The molecule has 1 atom stereocenters. The summed E-state index contributed by atoms with van der Waals surface area (Å²) >= 11 is 1.65. The first-order valence-corrected chi connectivity index (χ1v) is 9.40. The van der Waals surface area contributed by atoms with Crippen LogP contribution in [0.15, 0.2) is 65.7 Å². The number of thiazole rings is 1. The van der Waals surface area contributed by atoms with Gasteiger partial charge < -0.3 is 16.0 Å². The molecule has 26 heavy (non-hydrogen) atoms. The molecule has 1 aromatic heterocycles. The largest absolute Gasteiger partial charge is 0.365 e. The van der Waals surface area contributed by atoms with Crippen molar-refractivity contribution in [3.63, 3.8) is 0 Å². The standard InChI is InChI=1S/C20H21FN4S/c1-13-7-18-15(11-25-20(18,2)24-9-13)8-17-12-23-19(26-17)22-10-14-3-5-16(21)6-4-14/h3-7,9,11-12,24-25H,8,10H2,1-2H3,(H,22,23). The average molecular weight is 368 g/mol. The molecule has 134 valence electrons. The summed E-state index contributed by atoms with van der Waals surface area (Å²) in [5.74, 6) is -0.215. The second-order valence-electron chi connectivity index (χ2n) is 6.82. The molecule has 0 saturated carbocycles. The van der Waals surface area contributed by atoms with Gasteiger partial charge in [-0.15, -0.1) is 11.3 Å². The van der Waals surface area contributed by atoms with Gasteiger partial charge in [0, 0.05) is 42.0 Å². The third-order valence-corrected chi connectivity index (χ3v) is 5.61. The van der Waals surface area contributed by atoms with E-state index in [9.17, 15) is 4.39 Å². The predicted molar refractivity (Wildman–Crippen MR) is 104 cm³/mol. The molecule has 0 bridgehead atoms. The molecule has 4 nitrogen and oxygen atoms in total. The Morgan fingerprint density at radius 1 is 1.19 bits per heavy atom. The highest BCUT2D eigenvalue weighted by Crippen LogP contribution is 2.34. The molecular weight excluding hydrogens is 347 g/mol. The van der Waals surface area contributed by atoms with E-state index in [2.05, 4.69) is 47.1 Å². The molecule has 3 N–H and O–H groups in total. The summed E-state index contributed by atoms with van der Waals surface area (Å²) in [6.45, 7) is 4.88. The van der Waals surface area contributed by atoms with Crippen molar-refractivity contribution in [2.75, 3.05) is 5.32 Å². The van der Waals surface area contributed by atoms with Crippen LogP contribution in [0.5, 0.6) is 0 Å². The lowest BCUT2D eigenvalue weighted by molar-refractivity contribution is 0.439. The highest BCUT2D eigenvalue weighted by atomic mass is 32.1. The topological polar surface area (TPSA) is 49.0 Å². The maximum Gasteiger partial charge on any atom is 0.183 e. The van der Waals surface area contributed by atoms with Crippen LogP contribution in [0.2, 0.25) is 0 Å². The van der Waals surface area contributed by atoms with Crippen LogP contribution in [-0.2, 0) is 13.0 Å². The summed E-state index contributed by atoms with van der Waals surface area (Å²) in [7, 11) is 0. The molecule has 0 spiro atoms. The van der Waals surface area contributed by atoms with Crippen molar-refractivity contribution >= 4 is 16.5 Å². The van der Waals surface area contributed by atoms with E-state index in [4.69, 9.17) is 0 Å². The number of fused-ring (bicyclic) bond motifs is 1. The van der Waals surface area contributed by atoms with E-state index >= 15 is 0 Å². The summed E-state index contributed by atoms with van der Waals surface area (Å²) in [6.07, 6.45) is 9.14. The number of rotatable bonds is 5. The van der Waals surface area contributed by atoms with Crippen molar-refractivity contribution in [1.29, 1.82) is 0 Å². The molecule has 4 rings (SSSR count). The first kappa shape index (κ1) is 16.8. The van der Waals surface area contributed by atoms with Crippen LogP contribution in [0.25, 0.3) is 0 Å². The number of allylic oxidation sites excluding steroid dienone is 2. The van der Waals surface area contributed by atoms with Crippen LogP contribution in [0.1, 0.15) is 24.3 Å². The number of nitrogens with zero attached hydrogens (tertiary/aromatic N) is 1. The minimum atomic E-state index is -0.219. The van der Waals surface area contributed by atoms with Crippen LogP contribution in [0.3, 0.4) is 0 Å². The SMILES string of the molecule is CC1=CNC2(C)NC=C(Cc3cnc(NCc4ccc(F)cc4)s3)C2=C1. The Bertz CT molecular complexity index is 910. The average Bonchev–Trinajstić information content (AvgIpc) is 3.20. The maximum atomic E-state index is 13.0. The third kappa shape index (κ3) is 3.37. The van der Waals surface area contributed by atoms with Crippen LogP contribution < -0.4 is 16.0 Å². The fourth-order valence-corrected chi connectivity index (χ4v) is 4.01. The molecule has 1 aromatic carbocycles. The minimum Gasteiger partial charge on any atom is -0.365 e. The number of nitrogens with one attached hydrogen (secondary N) is 3. The van der Waals surface area contributed by atoms with Gasteiger partial charge in [-0.2, -0.15) is 0 Å². The monoisotopic (exact) mass is 368 g/mol. The van der Waals surface area contributed by atoms with Gasteiger partial charge in [0.2, 0.25) is 0 Å². The summed E-state index contributed by atoms with van der Waals surface area (Å²) < 4.78 is 13.0. The zero-order chi connectivity index (χ0) is 18.1. The summed E-state index contributed by atoms with van der Waals surface area (Å²) in [5.41, 5.74) is 4.59. The van der Waals surface area contributed by atoms with Crippen molar-refractivity contribution in [3.05, 3.63) is 81.9 Å². The lowest BCUT2D eigenvalue weighted by atomic mass is 9.92. The molecular formula is C20H21FN4S. The molecule has 6 heteroatoms. The number of dihydropyridines is 1. The fraction of sp³-hybridized carbons (Fsp3) is 0.250. The van der Waals surface area contributed by atoms with Crippen molar-refractivity contribution < 1.29 is 4.39 Å². The van der Waals surface area contributed by atoms with Crippen LogP contribution in [0.4, 0.5) is 9.52 Å². The summed E-state index contributed by atoms with van der Waals surface area (Å²) in [5, 5.41) is 11.1. The quantitative estimate of drug-likeness (QED) is 0.745. The lowest BCUT2D eigenvalue weighted by Gasteiger charge is -2.32. The Labute approximate surface area is 156 Å². The number of aromatic nitrogens is 1. The summed E-state index contributed by atoms with van der Waals surface area (Å²) in [4.78, 5) is 5.67. The number of hydrogen-bond donors (Lipinski definition) is 3. The first-order chi connectivity index (χ1) is 12.5. The van der Waals surface area contributed by atoms with Gasteiger partial charge in [-0.1, -0.05) is 18.2 Å². The van der Waals surface area contributed by atoms with Crippen LogP contribution in [0, 0.1) is 5.82 Å². The second kappa shape index (κ2) is 6.61. The highest BCUT2D eigenvalue weighted by Gasteiger charge is 2.35. The van der Waals surface area contributed by atoms with Crippen molar-refractivity contribution in [3.8, 4) is 0 Å². The number of anilines is 1. The molecule has 0 fully saturated rings. The van der Waals surface area contributed by atoms with Gasteiger partial charge in [-0.25, -0.2) is 9.37 Å². The molecule has 0 aliphatic carbocycles. The van der Waals surface area contributed by atoms with E-state index in [-0.39, 0.29) is 11.5 Å². The number of hydrogen-bond acceptors (Lipinski definition) is 5.